The lowest BCUT2D eigenvalue weighted by Gasteiger charge is -2.37. The molecule has 198 valence electrons. The minimum absolute atomic E-state index is 0.118. The van der Waals surface area contributed by atoms with Gasteiger partial charge in [0, 0.05) is 17.1 Å². The van der Waals surface area contributed by atoms with Gasteiger partial charge in [0.1, 0.15) is 17.7 Å². The van der Waals surface area contributed by atoms with Gasteiger partial charge < -0.3 is 20.3 Å². The highest BCUT2D eigenvalue weighted by Gasteiger charge is 2.49. The van der Waals surface area contributed by atoms with E-state index in [2.05, 4.69) is 23.5 Å². The van der Waals surface area contributed by atoms with Crippen molar-refractivity contribution in [3.05, 3.63) is 35.4 Å². The summed E-state index contributed by atoms with van der Waals surface area (Å²) in [6, 6.07) is 5.32. The first-order chi connectivity index (χ1) is 16.6. The van der Waals surface area contributed by atoms with Gasteiger partial charge in [-0.3, -0.25) is 9.59 Å². The normalized spacial score (nSPS) is 19.8. The number of carbonyl (C=O) groups excluding carboxylic acids is 3. The fraction of sp³-hybridized carbons (Fsp3) is 0.621. The highest BCUT2D eigenvalue weighted by atomic mass is 16.6. The van der Waals surface area contributed by atoms with Crippen LogP contribution in [0.3, 0.4) is 0 Å². The Morgan fingerprint density at radius 1 is 1.14 bits per heavy atom. The molecular formula is C29H43N3O4. The Kier molecular flexibility index (Phi) is 9.23. The van der Waals surface area contributed by atoms with Crippen molar-refractivity contribution >= 4 is 17.9 Å². The molecule has 1 saturated carbocycles. The monoisotopic (exact) mass is 497 g/mol. The molecule has 1 aliphatic carbocycles. The lowest BCUT2D eigenvalue weighted by Crippen LogP contribution is -2.57. The second-order valence-electron chi connectivity index (χ2n) is 11.9. The zero-order valence-corrected chi connectivity index (χ0v) is 23.3. The average molecular weight is 498 g/mol. The Labute approximate surface area is 216 Å². The van der Waals surface area contributed by atoms with Crippen molar-refractivity contribution in [2.75, 3.05) is 0 Å². The molecule has 5 atom stereocenters. The first kappa shape index (κ1) is 29.2. The zero-order chi connectivity index (χ0) is 27.4. The molecule has 0 saturated heterocycles. The molecule has 2 rings (SSSR count). The molecule has 0 radical (unpaired) electrons. The molecule has 5 unspecified atom stereocenters. The van der Waals surface area contributed by atoms with Crippen LogP contribution in [-0.2, 0) is 14.3 Å². The quantitative estimate of drug-likeness (QED) is 0.505. The number of carbonyl (C=O) groups is 3. The van der Waals surface area contributed by atoms with E-state index in [1.165, 1.54) is 0 Å². The molecule has 0 aromatic heterocycles. The highest BCUT2D eigenvalue weighted by molar-refractivity contribution is 5.93. The molecule has 0 bridgehead atoms. The van der Waals surface area contributed by atoms with Gasteiger partial charge in [0.2, 0.25) is 11.8 Å². The Balaban J connectivity index is 2.54. The van der Waals surface area contributed by atoms with Gasteiger partial charge in [-0.05, 0) is 77.5 Å². The fourth-order valence-electron chi connectivity index (χ4n) is 4.09. The van der Waals surface area contributed by atoms with Crippen LogP contribution in [0.25, 0.3) is 0 Å². The number of rotatable bonds is 8. The third-order valence-electron chi connectivity index (χ3n) is 6.25. The van der Waals surface area contributed by atoms with Gasteiger partial charge in [-0.1, -0.05) is 45.2 Å². The number of nitrogens with one attached hydrogen (secondary N) is 2. The molecule has 0 heterocycles. The lowest BCUT2D eigenvalue weighted by atomic mass is 9.94. The van der Waals surface area contributed by atoms with Crippen LogP contribution in [0.15, 0.2) is 24.3 Å². The highest BCUT2D eigenvalue weighted by Crippen LogP contribution is 2.41. The first-order valence-corrected chi connectivity index (χ1v) is 12.8. The summed E-state index contributed by atoms with van der Waals surface area (Å²) in [5, 5.41) is 5.85. The second kappa shape index (κ2) is 11.4. The van der Waals surface area contributed by atoms with Gasteiger partial charge in [0.15, 0.2) is 0 Å². The molecule has 0 spiro atoms. The molecule has 3 amide bonds. The largest absolute Gasteiger partial charge is 0.444 e. The molecule has 7 nitrogen and oxygen atoms in total. The first-order valence-electron chi connectivity index (χ1n) is 12.8. The van der Waals surface area contributed by atoms with E-state index in [0.717, 1.165) is 6.42 Å². The number of alkyl carbamates (subject to hydrolysis) is 1. The lowest BCUT2D eigenvalue weighted by molar-refractivity contribution is -0.145. The number of nitrogens with zero attached hydrogens (tertiary/aromatic N) is 1. The summed E-state index contributed by atoms with van der Waals surface area (Å²) in [5.74, 6) is 2.10. The van der Waals surface area contributed by atoms with Gasteiger partial charge in [0.05, 0.1) is 0 Å². The molecule has 36 heavy (non-hydrogen) atoms. The molecule has 2 N–H and O–H groups in total. The Morgan fingerprint density at radius 2 is 1.69 bits per heavy atom. The van der Waals surface area contributed by atoms with E-state index in [0.29, 0.717) is 17.5 Å². The van der Waals surface area contributed by atoms with Crippen molar-refractivity contribution < 1.29 is 19.1 Å². The van der Waals surface area contributed by atoms with Crippen LogP contribution in [-0.4, -0.2) is 46.0 Å². The molecular weight excluding hydrogens is 454 g/mol. The number of amides is 3. The summed E-state index contributed by atoms with van der Waals surface area (Å²) in [4.78, 5) is 42.3. The van der Waals surface area contributed by atoms with E-state index in [9.17, 15) is 14.4 Å². The standard InChI is InChI=1S/C29H43N3O4/c1-11-18(3)23(30-27(35)36-29(8,9)10)26(34)32(22-17-19(22)4)24(25(33)31-28(5,6)7)21-15-13-20(12-2)14-16-21/h2,13-16,18-19,22-24H,11,17H2,1,3-10H3,(H,30,35)(H,31,33). The van der Waals surface area contributed by atoms with Gasteiger partial charge in [0.25, 0.3) is 0 Å². The van der Waals surface area contributed by atoms with Gasteiger partial charge >= 0.3 is 6.09 Å². The fourth-order valence-corrected chi connectivity index (χ4v) is 4.09. The van der Waals surface area contributed by atoms with E-state index >= 15 is 0 Å². The summed E-state index contributed by atoms with van der Waals surface area (Å²) >= 11 is 0. The van der Waals surface area contributed by atoms with Crippen molar-refractivity contribution in [1.82, 2.24) is 15.5 Å². The zero-order valence-electron chi connectivity index (χ0n) is 23.3. The topological polar surface area (TPSA) is 87.7 Å². The third kappa shape index (κ3) is 8.01. The van der Waals surface area contributed by atoms with Crippen LogP contribution in [0, 0.1) is 24.2 Å². The maximum Gasteiger partial charge on any atom is 0.408 e. The predicted molar refractivity (Wildman–Crippen MR) is 142 cm³/mol. The molecule has 1 aromatic rings. The van der Waals surface area contributed by atoms with Crippen LogP contribution in [0.2, 0.25) is 0 Å². The van der Waals surface area contributed by atoms with Crippen LogP contribution in [0.5, 0.6) is 0 Å². The van der Waals surface area contributed by atoms with E-state index in [1.807, 2.05) is 34.6 Å². The van der Waals surface area contributed by atoms with Crippen molar-refractivity contribution in [3.63, 3.8) is 0 Å². The van der Waals surface area contributed by atoms with E-state index in [-0.39, 0.29) is 29.7 Å². The number of hydrogen-bond donors (Lipinski definition) is 2. The van der Waals surface area contributed by atoms with Crippen molar-refractivity contribution in [3.8, 4) is 12.3 Å². The van der Waals surface area contributed by atoms with Crippen LogP contribution in [0.4, 0.5) is 4.79 Å². The molecule has 7 heteroatoms. The van der Waals surface area contributed by atoms with Gasteiger partial charge in [-0.25, -0.2) is 4.79 Å². The third-order valence-corrected chi connectivity index (χ3v) is 6.25. The van der Waals surface area contributed by atoms with Crippen molar-refractivity contribution in [2.45, 2.75) is 104 Å². The molecule has 1 aliphatic rings. The summed E-state index contributed by atoms with van der Waals surface area (Å²) in [6.45, 7) is 17.0. The number of ether oxygens (including phenoxy) is 1. The maximum atomic E-state index is 14.2. The van der Waals surface area contributed by atoms with Crippen LogP contribution in [0.1, 0.15) is 92.3 Å². The van der Waals surface area contributed by atoms with Crippen molar-refractivity contribution in [1.29, 1.82) is 0 Å². The summed E-state index contributed by atoms with van der Waals surface area (Å²) < 4.78 is 5.46. The summed E-state index contributed by atoms with van der Waals surface area (Å²) in [7, 11) is 0. The van der Waals surface area contributed by atoms with Crippen molar-refractivity contribution in [2.24, 2.45) is 11.8 Å². The Hall–Kier alpha value is -3.01. The molecule has 0 aliphatic heterocycles. The smallest absolute Gasteiger partial charge is 0.408 e. The molecule has 1 fully saturated rings. The SMILES string of the molecule is C#Cc1ccc(C(C(=O)NC(C)(C)C)N(C(=O)C(NC(=O)OC(C)(C)C)C(C)CC)C2CC2C)cc1. The van der Waals surface area contributed by atoms with Gasteiger partial charge in [-0.15, -0.1) is 6.42 Å². The van der Waals surface area contributed by atoms with E-state index in [4.69, 9.17) is 11.2 Å². The van der Waals surface area contributed by atoms with E-state index < -0.39 is 29.3 Å². The minimum atomic E-state index is -0.870. The summed E-state index contributed by atoms with van der Waals surface area (Å²) in [6.07, 6.45) is 6.33. The Bertz CT molecular complexity index is 982. The molecule has 1 aromatic carbocycles. The second-order valence-corrected chi connectivity index (χ2v) is 11.9. The van der Waals surface area contributed by atoms with Gasteiger partial charge in [-0.2, -0.15) is 0 Å². The average Bonchev–Trinajstić information content (AvgIpc) is 3.48. The number of benzene rings is 1. The Morgan fingerprint density at radius 3 is 2.11 bits per heavy atom. The van der Waals surface area contributed by atoms with Crippen LogP contribution >= 0.6 is 0 Å². The number of terminal acetylenes is 1. The number of hydrogen-bond acceptors (Lipinski definition) is 4. The predicted octanol–water partition coefficient (Wildman–Crippen LogP) is 4.80. The van der Waals surface area contributed by atoms with Crippen LogP contribution < -0.4 is 10.6 Å². The maximum absolute atomic E-state index is 14.2. The van der Waals surface area contributed by atoms with E-state index in [1.54, 1.807) is 49.9 Å². The minimum Gasteiger partial charge on any atom is -0.444 e. The summed E-state index contributed by atoms with van der Waals surface area (Å²) in [5.41, 5.74) is 0.160.